The second-order valence-corrected chi connectivity index (χ2v) is 7.74. The van der Waals surface area contributed by atoms with Gasteiger partial charge >= 0.3 is 0 Å². The summed E-state index contributed by atoms with van der Waals surface area (Å²) in [5, 5.41) is 2.80. The van der Waals surface area contributed by atoms with E-state index in [0.717, 1.165) is 12.0 Å². The van der Waals surface area contributed by atoms with Crippen molar-refractivity contribution in [1.82, 2.24) is 5.32 Å². The van der Waals surface area contributed by atoms with Crippen molar-refractivity contribution in [2.24, 2.45) is 0 Å². The van der Waals surface area contributed by atoms with Gasteiger partial charge in [-0.05, 0) is 56.2 Å². The number of para-hydroxylation sites is 1. The van der Waals surface area contributed by atoms with Crippen LogP contribution in [0.4, 0.5) is 5.69 Å². The first-order valence-electron chi connectivity index (χ1n) is 8.42. The molecule has 0 aliphatic rings. The van der Waals surface area contributed by atoms with E-state index in [1.54, 1.807) is 12.1 Å². The first-order valence-corrected chi connectivity index (χ1v) is 9.91. The number of carbonyl (C=O) groups excluding carboxylic acids is 1. The van der Waals surface area contributed by atoms with E-state index in [1.165, 1.54) is 24.3 Å². The molecule has 7 heteroatoms. The third-order valence-electron chi connectivity index (χ3n) is 3.91. The number of benzene rings is 2. The number of sulfonamides is 1. The van der Waals surface area contributed by atoms with Gasteiger partial charge in [0, 0.05) is 6.04 Å². The van der Waals surface area contributed by atoms with Crippen molar-refractivity contribution < 1.29 is 17.9 Å². The molecule has 0 spiro atoms. The van der Waals surface area contributed by atoms with E-state index in [2.05, 4.69) is 10.0 Å². The number of anilines is 1. The van der Waals surface area contributed by atoms with Gasteiger partial charge < -0.3 is 10.1 Å². The molecule has 0 saturated heterocycles. The maximum absolute atomic E-state index is 12.5. The number of hydrogen-bond acceptors (Lipinski definition) is 4. The summed E-state index contributed by atoms with van der Waals surface area (Å²) in [4.78, 5) is 11.8. The van der Waals surface area contributed by atoms with E-state index in [1.807, 2.05) is 32.9 Å². The van der Waals surface area contributed by atoms with Crippen molar-refractivity contribution in [3.63, 3.8) is 0 Å². The van der Waals surface area contributed by atoms with Crippen LogP contribution < -0.4 is 14.8 Å². The molecule has 2 aromatic carbocycles. The Balaban J connectivity index is 2.00. The van der Waals surface area contributed by atoms with Crippen LogP contribution in [0.5, 0.6) is 5.75 Å². The summed E-state index contributed by atoms with van der Waals surface area (Å²) in [6.07, 6.45) is 0.839. The summed E-state index contributed by atoms with van der Waals surface area (Å²) < 4.78 is 32.9. The van der Waals surface area contributed by atoms with Gasteiger partial charge in [-0.25, -0.2) is 8.42 Å². The van der Waals surface area contributed by atoms with Crippen molar-refractivity contribution in [3.05, 3.63) is 54.1 Å². The van der Waals surface area contributed by atoms with E-state index in [4.69, 9.17) is 4.74 Å². The van der Waals surface area contributed by atoms with E-state index in [-0.39, 0.29) is 23.5 Å². The van der Waals surface area contributed by atoms with Gasteiger partial charge in [-0.3, -0.25) is 9.52 Å². The van der Waals surface area contributed by atoms with Crippen molar-refractivity contribution in [1.29, 1.82) is 0 Å². The average Bonchev–Trinajstić information content (AvgIpc) is 2.62. The minimum absolute atomic E-state index is 0.0890. The standard InChI is InChI=1S/C19H24N2O4S/c1-4-15(3)20-19(22)13-25-16-9-11-17(12-10-16)26(23,24)21-18-8-6-5-7-14(18)2/h5-12,15,21H,4,13H2,1-3H3,(H,20,22)/t15-/m0/s1. The van der Waals surface area contributed by atoms with Crippen LogP contribution in [0.3, 0.4) is 0 Å². The lowest BCUT2D eigenvalue weighted by Gasteiger charge is -2.13. The van der Waals surface area contributed by atoms with E-state index in [0.29, 0.717) is 11.4 Å². The molecule has 2 rings (SSSR count). The lowest BCUT2D eigenvalue weighted by Crippen LogP contribution is -2.35. The molecule has 0 aliphatic heterocycles. The quantitative estimate of drug-likeness (QED) is 0.741. The summed E-state index contributed by atoms with van der Waals surface area (Å²) in [5.74, 6) is 0.219. The molecule has 0 saturated carbocycles. The van der Waals surface area contributed by atoms with Crippen LogP contribution in [0.1, 0.15) is 25.8 Å². The Labute approximate surface area is 154 Å². The molecule has 0 unspecified atom stereocenters. The fourth-order valence-electron chi connectivity index (χ4n) is 2.17. The van der Waals surface area contributed by atoms with Crippen molar-refractivity contribution in [2.45, 2.75) is 38.1 Å². The minimum Gasteiger partial charge on any atom is -0.484 e. The lowest BCUT2D eigenvalue weighted by atomic mass is 10.2. The van der Waals surface area contributed by atoms with Crippen molar-refractivity contribution in [2.75, 3.05) is 11.3 Å². The largest absolute Gasteiger partial charge is 0.484 e. The van der Waals surface area contributed by atoms with Gasteiger partial charge in [0.1, 0.15) is 5.75 Å². The number of hydrogen-bond donors (Lipinski definition) is 2. The van der Waals surface area contributed by atoms with Gasteiger partial charge in [-0.1, -0.05) is 25.1 Å². The predicted octanol–water partition coefficient (Wildman–Crippen LogP) is 3.09. The number of aryl methyl sites for hydroxylation is 1. The first kappa shape index (κ1) is 19.8. The van der Waals surface area contributed by atoms with Gasteiger partial charge in [0.05, 0.1) is 10.6 Å². The van der Waals surface area contributed by atoms with Crippen LogP contribution in [-0.2, 0) is 14.8 Å². The fraction of sp³-hybridized carbons (Fsp3) is 0.316. The third-order valence-corrected chi connectivity index (χ3v) is 5.29. The molecular weight excluding hydrogens is 352 g/mol. The van der Waals surface area contributed by atoms with Gasteiger partial charge in [0.15, 0.2) is 6.61 Å². The molecule has 2 aromatic rings. The van der Waals surface area contributed by atoms with Crippen molar-refractivity contribution in [3.8, 4) is 5.75 Å². The first-order chi connectivity index (χ1) is 12.3. The maximum Gasteiger partial charge on any atom is 0.261 e. The van der Waals surface area contributed by atoms with E-state index in [9.17, 15) is 13.2 Å². The van der Waals surface area contributed by atoms with Gasteiger partial charge in [-0.2, -0.15) is 0 Å². The molecular formula is C19H24N2O4S. The summed E-state index contributed by atoms with van der Waals surface area (Å²) in [5.41, 5.74) is 1.37. The number of ether oxygens (including phenoxy) is 1. The molecule has 0 bridgehead atoms. The van der Waals surface area contributed by atoms with E-state index >= 15 is 0 Å². The highest BCUT2D eigenvalue weighted by Crippen LogP contribution is 2.21. The summed E-state index contributed by atoms with van der Waals surface area (Å²) in [6.45, 7) is 5.62. The smallest absolute Gasteiger partial charge is 0.261 e. The summed E-state index contributed by atoms with van der Waals surface area (Å²) >= 11 is 0. The van der Waals surface area contributed by atoms with Crippen LogP contribution in [0.15, 0.2) is 53.4 Å². The van der Waals surface area contributed by atoms with Crippen molar-refractivity contribution >= 4 is 21.6 Å². The average molecular weight is 376 g/mol. The van der Waals surface area contributed by atoms with Crippen LogP contribution in [-0.4, -0.2) is 27.0 Å². The maximum atomic E-state index is 12.5. The SMILES string of the molecule is CC[C@H](C)NC(=O)COc1ccc(S(=O)(=O)Nc2ccccc2C)cc1. The van der Waals surface area contributed by atoms with Crippen LogP contribution in [0.2, 0.25) is 0 Å². The number of nitrogens with one attached hydrogen (secondary N) is 2. The van der Waals surface area contributed by atoms with Gasteiger partial charge in [0.25, 0.3) is 15.9 Å². The monoisotopic (exact) mass is 376 g/mol. The summed E-state index contributed by atoms with van der Waals surface area (Å²) in [6, 6.07) is 13.2. The molecule has 1 amide bonds. The molecule has 2 N–H and O–H groups in total. The Morgan fingerprint density at radius 2 is 1.77 bits per heavy atom. The molecule has 0 fully saturated rings. The number of carbonyl (C=O) groups is 1. The Bertz CT molecular complexity index is 848. The molecule has 0 heterocycles. The van der Waals surface area contributed by atoms with Crippen LogP contribution >= 0.6 is 0 Å². The molecule has 0 aromatic heterocycles. The Hall–Kier alpha value is -2.54. The predicted molar refractivity (Wildman–Crippen MR) is 102 cm³/mol. The topological polar surface area (TPSA) is 84.5 Å². The van der Waals surface area contributed by atoms with E-state index < -0.39 is 10.0 Å². The third kappa shape index (κ3) is 5.49. The highest BCUT2D eigenvalue weighted by Gasteiger charge is 2.15. The lowest BCUT2D eigenvalue weighted by molar-refractivity contribution is -0.123. The fourth-order valence-corrected chi connectivity index (χ4v) is 3.30. The van der Waals surface area contributed by atoms with Crippen LogP contribution in [0.25, 0.3) is 0 Å². The zero-order chi connectivity index (χ0) is 19.2. The Morgan fingerprint density at radius 1 is 1.12 bits per heavy atom. The number of amides is 1. The van der Waals surface area contributed by atoms with Crippen LogP contribution in [0, 0.1) is 6.92 Å². The molecule has 0 radical (unpaired) electrons. The molecule has 26 heavy (non-hydrogen) atoms. The van der Waals surface area contributed by atoms with Gasteiger partial charge in [-0.15, -0.1) is 0 Å². The second-order valence-electron chi connectivity index (χ2n) is 6.06. The Kier molecular flexibility index (Phi) is 6.63. The highest BCUT2D eigenvalue weighted by molar-refractivity contribution is 7.92. The zero-order valence-electron chi connectivity index (χ0n) is 15.2. The normalized spacial score (nSPS) is 12.3. The molecule has 1 atom stereocenters. The highest BCUT2D eigenvalue weighted by atomic mass is 32.2. The molecule has 6 nitrogen and oxygen atoms in total. The minimum atomic E-state index is -3.69. The second kappa shape index (κ2) is 8.71. The Morgan fingerprint density at radius 3 is 2.38 bits per heavy atom. The molecule has 140 valence electrons. The number of rotatable bonds is 8. The summed E-state index contributed by atoms with van der Waals surface area (Å²) in [7, 11) is -3.69. The zero-order valence-corrected chi connectivity index (χ0v) is 16.0. The molecule has 0 aliphatic carbocycles. The van der Waals surface area contributed by atoms with Gasteiger partial charge in [0.2, 0.25) is 0 Å².